The fourth-order valence-electron chi connectivity index (χ4n) is 4.18. The number of nitrogens with zero attached hydrogens (tertiary/aromatic N) is 4. The molecular formula is C25H33ClN6O. The van der Waals surface area contributed by atoms with Gasteiger partial charge in [-0.05, 0) is 44.2 Å². The fraction of sp³-hybridized carbons (Fsp3) is 0.520. The number of carbonyl (C=O) groups excluding carboxylic acids is 1. The van der Waals surface area contributed by atoms with Crippen LogP contribution in [0, 0.1) is 5.92 Å². The number of aromatic nitrogens is 4. The second kappa shape index (κ2) is 10.1. The number of nitrogens with one attached hydrogen (secondary N) is 2. The first kappa shape index (κ1) is 23.5. The summed E-state index contributed by atoms with van der Waals surface area (Å²) in [6.07, 6.45) is 6.64. The lowest BCUT2D eigenvalue weighted by Crippen LogP contribution is -2.41. The Bertz CT molecular complexity index is 1120. The van der Waals surface area contributed by atoms with Crippen LogP contribution in [0.25, 0.3) is 16.7 Å². The second-order valence-corrected chi connectivity index (χ2v) is 9.75. The largest absolute Gasteiger partial charge is 0.367 e. The minimum Gasteiger partial charge on any atom is -0.367 e. The maximum absolute atomic E-state index is 12.0. The minimum absolute atomic E-state index is 0.0174. The zero-order chi connectivity index (χ0) is 23.5. The van der Waals surface area contributed by atoms with E-state index < -0.39 is 0 Å². The van der Waals surface area contributed by atoms with Gasteiger partial charge in [-0.15, -0.1) is 0 Å². The SMILES string of the molecule is CC[C@H](C)c1nc(NC2CCC(NC(=O)C(C)C)CC2)c2cnn(-c3ccccc3Cl)c2n1. The summed E-state index contributed by atoms with van der Waals surface area (Å²) in [5.41, 5.74) is 1.56. The van der Waals surface area contributed by atoms with Crippen LogP contribution in [0.1, 0.15) is 71.5 Å². The highest BCUT2D eigenvalue weighted by Gasteiger charge is 2.25. The van der Waals surface area contributed by atoms with E-state index in [1.807, 2.05) is 44.3 Å². The van der Waals surface area contributed by atoms with Crippen molar-refractivity contribution in [3.05, 3.63) is 41.3 Å². The molecule has 1 saturated carbocycles. The Hall–Kier alpha value is -2.67. The van der Waals surface area contributed by atoms with E-state index in [0.717, 1.165) is 60.5 Å². The number of benzene rings is 1. The number of fused-ring (bicyclic) bond motifs is 1. The van der Waals surface area contributed by atoms with Gasteiger partial charge in [-0.2, -0.15) is 5.10 Å². The molecule has 0 spiro atoms. The van der Waals surface area contributed by atoms with Gasteiger partial charge in [-0.1, -0.05) is 51.4 Å². The highest BCUT2D eigenvalue weighted by atomic mass is 35.5. The van der Waals surface area contributed by atoms with E-state index in [-0.39, 0.29) is 23.8 Å². The molecule has 1 amide bonds. The topological polar surface area (TPSA) is 84.7 Å². The van der Waals surface area contributed by atoms with Crippen molar-refractivity contribution in [3.63, 3.8) is 0 Å². The normalized spacial score (nSPS) is 19.6. The van der Waals surface area contributed by atoms with E-state index in [0.29, 0.717) is 11.1 Å². The molecule has 1 aliphatic rings. The molecule has 0 saturated heterocycles. The molecule has 2 aromatic heterocycles. The molecule has 33 heavy (non-hydrogen) atoms. The first-order valence-electron chi connectivity index (χ1n) is 11.9. The van der Waals surface area contributed by atoms with Crippen molar-refractivity contribution in [2.75, 3.05) is 5.32 Å². The number of para-hydroxylation sites is 1. The van der Waals surface area contributed by atoms with Gasteiger partial charge in [0.25, 0.3) is 0 Å². The first-order valence-corrected chi connectivity index (χ1v) is 12.3. The summed E-state index contributed by atoms with van der Waals surface area (Å²) in [4.78, 5) is 21.8. The van der Waals surface area contributed by atoms with Crippen molar-refractivity contribution in [2.24, 2.45) is 5.92 Å². The lowest BCUT2D eigenvalue weighted by atomic mass is 9.90. The number of amides is 1. The van der Waals surface area contributed by atoms with Gasteiger partial charge in [0.2, 0.25) is 5.91 Å². The second-order valence-electron chi connectivity index (χ2n) is 9.34. The molecule has 2 N–H and O–H groups in total. The van der Waals surface area contributed by atoms with Gasteiger partial charge in [0.15, 0.2) is 5.65 Å². The minimum atomic E-state index is 0.0174. The van der Waals surface area contributed by atoms with Crippen LogP contribution in [0.5, 0.6) is 0 Å². The molecule has 0 aliphatic heterocycles. The zero-order valence-electron chi connectivity index (χ0n) is 19.8. The Morgan fingerprint density at radius 1 is 1.12 bits per heavy atom. The summed E-state index contributed by atoms with van der Waals surface area (Å²) < 4.78 is 1.80. The molecule has 0 unspecified atom stereocenters. The van der Waals surface area contributed by atoms with E-state index in [9.17, 15) is 4.79 Å². The summed E-state index contributed by atoms with van der Waals surface area (Å²) in [7, 11) is 0. The molecule has 1 aliphatic carbocycles. The van der Waals surface area contributed by atoms with Crippen molar-refractivity contribution >= 4 is 34.4 Å². The number of rotatable bonds is 7. The van der Waals surface area contributed by atoms with Gasteiger partial charge >= 0.3 is 0 Å². The van der Waals surface area contributed by atoms with Gasteiger partial charge in [0.05, 0.1) is 22.3 Å². The quantitative estimate of drug-likeness (QED) is 0.479. The third-order valence-electron chi connectivity index (χ3n) is 6.52. The van der Waals surface area contributed by atoms with E-state index >= 15 is 0 Å². The van der Waals surface area contributed by atoms with Crippen molar-refractivity contribution in [1.82, 2.24) is 25.1 Å². The van der Waals surface area contributed by atoms with Crippen LogP contribution in [0.4, 0.5) is 5.82 Å². The standard InChI is InChI=1S/C25H33ClN6O/c1-5-16(4)22-30-23(28-17-10-12-18(13-11-17)29-25(33)15(2)3)19-14-27-32(24(19)31-22)21-9-7-6-8-20(21)26/h6-9,14-18H,5,10-13H2,1-4H3,(H,29,33)(H,28,30,31)/t16-,17?,18?/m0/s1. The molecule has 0 radical (unpaired) electrons. The smallest absolute Gasteiger partial charge is 0.222 e. The van der Waals surface area contributed by atoms with Crippen LogP contribution >= 0.6 is 11.6 Å². The molecule has 4 rings (SSSR count). The van der Waals surface area contributed by atoms with Crippen LogP contribution < -0.4 is 10.6 Å². The number of halogens is 1. The molecule has 0 bridgehead atoms. The predicted octanol–water partition coefficient (Wildman–Crippen LogP) is 5.48. The van der Waals surface area contributed by atoms with E-state index in [1.165, 1.54) is 0 Å². The molecule has 1 fully saturated rings. The monoisotopic (exact) mass is 468 g/mol. The first-order chi connectivity index (χ1) is 15.9. The average molecular weight is 469 g/mol. The third kappa shape index (κ3) is 5.13. The third-order valence-corrected chi connectivity index (χ3v) is 6.84. The lowest BCUT2D eigenvalue weighted by Gasteiger charge is -2.30. The van der Waals surface area contributed by atoms with Gasteiger partial charge in [0, 0.05) is 23.9 Å². The van der Waals surface area contributed by atoms with Gasteiger partial charge < -0.3 is 10.6 Å². The molecule has 7 nitrogen and oxygen atoms in total. The van der Waals surface area contributed by atoms with Crippen molar-refractivity contribution in [1.29, 1.82) is 0 Å². The molecule has 1 atom stereocenters. The molecule has 176 valence electrons. The van der Waals surface area contributed by atoms with Crippen LogP contribution in [0.2, 0.25) is 5.02 Å². The van der Waals surface area contributed by atoms with Crippen molar-refractivity contribution < 1.29 is 4.79 Å². The van der Waals surface area contributed by atoms with Crippen molar-refractivity contribution in [2.45, 2.75) is 77.8 Å². The van der Waals surface area contributed by atoms with Crippen LogP contribution in [0.15, 0.2) is 30.5 Å². The van der Waals surface area contributed by atoms with Gasteiger partial charge in [-0.25, -0.2) is 14.6 Å². The molecule has 8 heteroatoms. The van der Waals surface area contributed by atoms with Crippen LogP contribution in [-0.4, -0.2) is 37.7 Å². The predicted molar refractivity (Wildman–Crippen MR) is 133 cm³/mol. The maximum Gasteiger partial charge on any atom is 0.222 e. The van der Waals surface area contributed by atoms with E-state index in [1.54, 1.807) is 4.68 Å². The molecule has 2 heterocycles. The summed E-state index contributed by atoms with van der Waals surface area (Å²) in [5.74, 6) is 2.01. The average Bonchev–Trinajstić information content (AvgIpc) is 3.24. The van der Waals surface area contributed by atoms with Gasteiger partial charge in [-0.3, -0.25) is 4.79 Å². The Kier molecular flexibility index (Phi) is 7.17. The van der Waals surface area contributed by atoms with Gasteiger partial charge in [0.1, 0.15) is 11.6 Å². The summed E-state index contributed by atoms with van der Waals surface area (Å²) in [6.45, 7) is 8.15. The summed E-state index contributed by atoms with van der Waals surface area (Å²) >= 11 is 6.46. The summed E-state index contributed by atoms with van der Waals surface area (Å²) in [5, 5.41) is 13.0. The van der Waals surface area contributed by atoms with Crippen LogP contribution in [-0.2, 0) is 4.79 Å². The molecular weight excluding hydrogens is 436 g/mol. The van der Waals surface area contributed by atoms with E-state index in [4.69, 9.17) is 21.6 Å². The zero-order valence-corrected chi connectivity index (χ0v) is 20.6. The van der Waals surface area contributed by atoms with Crippen LogP contribution in [0.3, 0.4) is 0 Å². The summed E-state index contributed by atoms with van der Waals surface area (Å²) in [6, 6.07) is 8.20. The maximum atomic E-state index is 12.0. The highest BCUT2D eigenvalue weighted by Crippen LogP contribution is 2.30. The molecule has 1 aromatic carbocycles. The molecule has 3 aromatic rings. The Morgan fingerprint density at radius 3 is 2.48 bits per heavy atom. The Balaban J connectivity index is 1.60. The fourth-order valence-corrected chi connectivity index (χ4v) is 4.40. The van der Waals surface area contributed by atoms with E-state index in [2.05, 4.69) is 29.6 Å². The number of carbonyl (C=O) groups is 1. The number of anilines is 1. The number of hydrogen-bond acceptors (Lipinski definition) is 5. The van der Waals surface area contributed by atoms with Crippen molar-refractivity contribution in [3.8, 4) is 5.69 Å². The number of hydrogen-bond donors (Lipinski definition) is 2. The Morgan fingerprint density at radius 2 is 1.82 bits per heavy atom. The highest BCUT2D eigenvalue weighted by molar-refractivity contribution is 6.32. The lowest BCUT2D eigenvalue weighted by molar-refractivity contribution is -0.124. The Labute approximate surface area is 200 Å².